The van der Waals surface area contributed by atoms with Gasteiger partial charge in [0.05, 0.1) is 23.8 Å². The van der Waals surface area contributed by atoms with Crippen LogP contribution in [0.4, 0.5) is 17.2 Å². The molecule has 2 aromatic rings. The number of nitro benzene ring substituents is 1. The molecule has 0 amide bonds. The summed E-state index contributed by atoms with van der Waals surface area (Å²) in [7, 11) is 1.43. The third kappa shape index (κ3) is 3.89. The standard InChI is InChI=1S/C14H14N4O3S/c1-9-4-3-5-13(15-9)17-14(22)16-11-7-6-10(18(19)20)8-12(11)21-2/h3-8H,1-2H3,(H2,15,16,17,22). The van der Waals surface area contributed by atoms with Crippen LogP contribution in [-0.2, 0) is 0 Å². The van der Waals surface area contributed by atoms with Gasteiger partial charge < -0.3 is 15.4 Å². The molecule has 0 saturated heterocycles. The highest BCUT2D eigenvalue weighted by atomic mass is 32.1. The number of rotatable bonds is 4. The Morgan fingerprint density at radius 2 is 2.09 bits per heavy atom. The number of nitrogens with one attached hydrogen (secondary N) is 2. The lowest BCUT2D eigenvalue weighted by Gasteiger charge is -2.13. The van der Waals surface area contributed by atoms with Gasteiger partial charge in [-0.3, -0.25) is 10.1 Å². The molecular formula is C14H14N4O3S. The molecule has 0 aliphatic carbocycles. The molecule has 0 fully saturated rings. The first-order valence-electron chi connectivity index (χ1n) is 6.33. The average Bonchev–Trinajstić information content (AvgIpc) is 2.47. The van der Waals surface area contributed by atoms with Crippen LogP contribution < -0.4 is 15.4 Å². The second-order valence-corrected chi connectivity index (χ2v) is 4.79. The Bertz CT molecular complexity index is 721. The number of anilines is 2. The van der Waals surface area contributed by atoms with Crippen molar-refractivity contribution in [2.24, 2.45) is 0 Å². The number of non-ortho nitro benzene ring substituents is 1. The zero-order chi connectivity index (χ0) is 16.1. The minimum absolute atomic E-state index is 0.0540. The van der Waals surface area contributed by atoms with Crippen molar-refractivity contribution >= 4 is 34.5 Å². The van der Waals surface area contributed by atoms with Crippen LogP contribution in [0.5, 0.6) is 5.75 Å². The number of hydrogen-bond donors (Lipinski definition) is 2. The van der Waals surface area contributed by atoms with Crippen LogP contribution in [0, 0.1) is 17.0 Å². The highest BCUT2D eigenvalue weighted by molar-refractivity contribution is 7.80. The molecule has 2 rings (SSSR count). The molecule has 0 aliphatic heterocycles. The fourth-order valence-corrected chi connectivity index (χ4v) is 1.99. The number of thiocarbonyl (C=S) groups is 1. The molecule has 114 valence electrons. The van der Waals surface area contributed by atoms with E-state index in [-0.39, 0.29) is 5.69 Å². The monoisotopic (exact) mass is 318 g/mol. The van der Waals surface area contributed by atoms with Crippen molar-refractivity contribution in [1.29, 1.82) is 0 Å². The molecule has 0 atom stereocenters. The Balaban J connectivity index is 2.12. The first-order valence-corrected chi connectivity index (χ1v) is 6.74. The lowest BCUT2D eigenvalue weighted by atomic mass is 10.2. The van der Waals surface area contributed by atoms with E-state index in [1.54, 1.807) is 6.07 Å². The van der Waals surface area contributed by atoms with E-state index in [1.807, 2.05) is 19.1 Å². The predicted octanol–water partition coefficient (Wildman–Crippen LogP) is 3.12. The number of ether oxygens (including phenoxy) is 1. The summed E-state index contributed by atoms with van der Waals surface area (Å²) in [6.45, 7) is 1.88. The van der Waals surface area contributed by atoms with Crippen molar-refractivity contribution in [3.8, 4) is 5.75 Å². The second kappa shape index (κ2) is 6.81. The normalized spacial score (nSPS) is 9.91. The Morgan fingerprint density at radius 1 is 1.32 bits per heavy atom. The minimum Gasteiger partial charge on any atom is -0.494 e. The summed E-state index contributed by atoms with van der Waals surface area (Å²) in [5, 5.41) is 16.9. The molecule has 7 nitrogen and oxygen atoms in total. The molecule has 0 bridgehead atoms. The van der Waals surface area contributed by atoms with Gasteiger partial charge in [-0.25, -0.2) is 4.98 Å². The molecule has 0 saturated carbocycles. The second-order valence-electron chi connectivity index (χ2n) is 4.39. The van der Waals surface area contributed by atoms with Crippen molar-refractivity contribution in [3.63, 3.8) is 0 Å². The maximum absolute atomic E-state index is 10.8. The van der Waals surface area contributed by atoms with Crippen molar-refractivity contribution in [1.82, 2.24) is 4.98 Å². The van der Waals surface area contributed by atoms with Gasteiger partial charge in [-0.05, 0) is 37.3 Å². The lowest BCUT2D eigenvalue weighted by Crippen LogP contribution is -2.20. The molecule has 1 aromatic heterocycles. The summed E-state index contributed by atoms with van der Waals surface area (Å²) in [5.41, 5.74) is 1.33. The summed E-state index contributed by atoms with van der Waals surface area (Å²) >= 11 is 5.20. The maximum Gasteiger partial charge on any atom is 0.273 e. The fourth-order valence-electron chi connectivity index (χ4n) is 1.78. The minimum atomic E-state index is -0.487. The van der Waals surface area contributed by atoms with Crippen molar-refractivity contribution in [3.05, 3.63) is 52.2 Å². The zero-order valence-electron chi connectivity index (χ0n) is 12.0. The van der Waals surface area contributed by atoms with Gasteiger partial charge in [-0.2, -0.15) is 0 Å². The van der Waals surface area contributed by atoms with Crippen LogP contribution in [-0.4, -0.2) is 22.1 Å². The van der Waals surface area contributed by atoms with E-state index >= 15 is 0 Å². The third-order valence-corrected chi connectivity index (χ3v) is 2.98. The van der Waals surface area contributed by atoms with Gasteiger partial charge >= 0.3 is 0 Å². The van der Waals surface area contributed by atoms with E-state index in [0.29, 0.717) is 22.4 Å². The van der Waals surface area contributed by atoms with E-state index < -0.39 is 4.92 Å². The zero-order valence-corrected chi connectivity index (χ0v) is 12.8. The number of pyridine rings is 1. The van der Waals surface area contributed by atoms with Crippen LogP contribution in [0.1, 0.15) is 5.69 Å². The van der Waals surface area contributed by atoms with Gasteiger partial charge in [-0.1, -0.05) is 6.07 Å². The molecule has 8 heteroatoms. The molecule has 1 aromatic carbocycles. The summed E-state index contributed by atoms with van der Waals surface area (Å²) in [6.07, 6.45) is 0. The summed E-state index contributed by atoms with van der Waals surface area (Å²) in [5.74, 6) is 0.939. The average molecular weight is 318 g/mol. The lowest BCUT2D eigenvalue weighted by molar-refractivity contribution is -0.384. The molecular weight excluding hydrogens is 304 g/mol. The molecule has 0 unspecified atom stereocenters. The predicted molar refractivity (Wildman–Crippen MR) is 88.5 cm³/mol. The van der Waals surface area contributed by atoms with Gasteiger partial charge in [0.2, 0.25) is 0 Å². The molecule has 22 heavy (non-hydrogen) atoms. The number of benzene rings is 1. The van der Waals surface area contributed by atoms with Gasteiger partial charge in [0.1, 0.15) is 11.6 Å². The molecule has 2 N–H and O–H groups in total. The van der Waals surface area contributed by atoms with Crippen LogP contribution >= 0.6 is 12.2 Å². The SMILES string of the molecule is COc1cc([N+](=O)[O-])ccc1NC(=S)Nc1cccc(C)n1. The van der Waals surface area contributed by atoms with Gasteiger partial charge in [-0.15, -0.1) is 0 Å². The summed E-state index contributed by atoms with van der Waals surface area (Å²) in [4.78, 5) is 14.5. The first kappa shape index (κ1) is 15.6. The number of nitrogens with zero attached hydrogens (tertiary/aromatic N) is 2. The van der Waals surface area contributed by atoms with Gasteiger partial charge in [0.25, 0.3) is 5.69 Å². The van der Waals surface area contributed by atoms with Crippen LogP contribution in [0.2, 0.25) is 0 Å². The van der Waals surface area contributed by atoms with E-state index in [4.69, 9.17) is 17.0 Å². The highest BCUT2D eigenvalue weighted by Crippen LogP contribution is 2.29. The summed E-state index contributed by atoms with van der Waals surface area (Å²) < 4.78 is 5.14. The quantitative estimate of drug-likeness (QED) is 0.508. The Labute approximate surface area is 132 Å². The van der Waals surface area contributed by atoms with Crippen LogP contribution in [0.15, 0.2) is 36.4 Å². The Hall–Kier alpha value is -2.74. The number of methoxy groups -OCH3 is 1. The molecule has 0 spiro atoms. The first-order chi connectivity index (χ1) is 10.5. The van der Waals surface area contributed by atoms with E-state index in [1.165, 1.54) is 25.3 Å². The maximum atomic E-state index is 10.8. The van der Waals surface area contributed by atoms with E-state index in [0.717, 1.165) is 5.69 Å². The van der Waals surface area contributed by atoms with E-state index in [9.17, 15) is 10.1 Å². The largest absolute Gasteiger partial charge is 0.494 e. The van der Waals surface area contributed by atoms with E-state index in [2.05, 4.69) is 15.6 Å². The van der Waals surface area contributed by atoms with Crippen molar-refractivity contribution in [2.75, 3.05) is 17.7 Å². The van der Waals surface area contributed by atoms with Gasteiger partial charge in [0, 0.05) is 11.8 Å². The number of aromatic nitrogens is 1. The van der Waals surface area contributed by atoms with Crippen LogP contribution in [0.3, 0.4) is 0 Å². The van der Waals surface area contributed by atoms with Crippen molar-refractivity contribution < 1.29 is 9.66 Å². The molecule has 0 aliphatic rings. The topological polar surface area (TPSA) is 89.3 Å². The molecule has 1 heterocycles. The third-order valence-electron chi connectivity index (χ3n) is 2.77. The fraction of sp³-hybridized carbons (Fsp3) is 0.143. The highest BCUT2D eigenvalue weighted by Gasteiger charge is 2.12. The molecule has 0 radical (unpaired) electrons. The smallest absolute Gasteiger partial charge is 0.273 e. The Kier molecular flexibility index (Phi) is 4.84. The number of nitro groups is 1. The summed E-state index contributed by atoms with van der Waals surface area (Å²) in [6, 6.07) is 9.76. The van der Waals surface area contributed by atoms with Crippen molar-refractivity contribution in [2.45, 2.75) is 6.92 Å². The number of hydrogen-bond acceptors (Lipinski definition) is 5. The number of aryl methyl sites for hydroxylation is 1. The van der Waals surface area contributed by atoms with Gasteiger partial charge in [0.15, 0.2) is 5.11 Å². The van der Waals surface area contributed by atoms with Crippen LogP contribution in [0.25, 0.3) is 0 Å². The Morgan fingerprint density at radius 3 is 2.73 bits per heavy atom.